The first kappa shape index (κ1) is 19.7. The van der Waals surface area contributed by atoms with Crippen LogP contribution >= 0.6 is 0 Å². The number of carbonyl (C=O) groups excluding carboxylic acids is 1. The van der Waals surface area contributed by atoms with Crippen molar-refractivity contribution in [3.63, 3.8) is 0 Å². The van der Waals surface area contributed by atoms with E-state index in [-0.39, 0.29) is 16.9 Å². The van der Waals surface area contributed by atoms with Crippen LogP contribution in [-0.2, 0) is 26.0 Å². The molecule has 0 saturated carbocycles. The van der Waals surface area contributed by atoms with Gasteiger partial charge in [-0.1, -0.05) is 29.8 Å². The Bertz CT molecular complexity index is 1130. The first-order chi connectivity index (χ1) is 13.9. The molecule has 0 aliphatic carbocycles. The van der Waals surface area contributed by atoms with Crippen LogP contribution in [0.4, 0.5) is 0 Å². The number of aromatic nitrogens is 1. The van der Waals surface area contributed by atoms with Crippen LogP contribution in [0.1, 0.15) is 24.0 Å². The molecular formula is C22H24N2O4S. The molecule has 1 aromatic heterocycles. The molecule has 0 spiro atoms. The van der Waals surface area contributed by atoms with E-state index in [1.54, 1.807) is 36.5 Å². The predicted octanol–water partition coefficient (Wildman–Crippen LogP) is 3.02. The molecule has 4 rings (SSSR count). The number of nitrogens with one attached hydrogen (secondary N) is 1. The van der Waals surface area contributed by atoms with Crippen LogP contribution in [0.25, 0.3) is 10.9 Å². The van der Waals surface area contributed by atoms with Crippen LogP contribution in [0.5, 0.6) is 0 Å². The average molecular weight is 413 g/mol. The van der Waals surface area contributed by atoms with Crippen molar-refractivity contribution < 1.29 is 17.9 Å². The van der Waals surface area contributed by atoms with Crippen molar-refractivity contribution in [1.29, 1.82) is 0 Å². The van der Waals surface area contributed by atoms with Gasteiger partial charge < -0.3 is 10.1 Å². The van der Waals surface area contributed by atoms with E-state index in [1.807, 2.05) is 25.1 Å². The lowest BCUT2D eigenvalue weighted by atomic mass is 10.1. The number of hydrogen-bond acceptors (Lipinski definition) is 4. The van der Waals surface area contributed by atoms with Gasteiger partial charge in [-0.25, -0.2) is 12.4 Å². The zero-order valence-corrected chi connectivity index (χ0v) is 17.1. The maximum atomic E-state index is 13.1. The summed E-state index contributed by atoms with van der Waals surface area (Å²) in [5.41, 5.74) is 2.60. The number of aryl methyl sites for hydroxylation is 1. The monoisotopic (exact) mass is 412 g/mol. The Labute approximate surface area is 170 Å². The van der Waals surface area contributed by atoms with Crippen molar-refractivity contribution in [2.75, 3.05) is 13.2 Å². The van der Waals surface area contributed by atoms with E-state index in [2.05, 4.69) is 5.32 Å². The number of rotatable bonds is 6. The van der Waals surface area contributed by atoms with Gasteiger partial charge >= 0.3 is 0 Å². The van der Waals surface area contributed by atoms with Crippen LogP contribution in [0.3, 0.4) is 0 Å². The SMILES string of the molecule is Cc1ccc(S(=O)(=O)n2ccc3ccc(CCNC(=O)C4CCCO4)cc32)cc1. The molecule has 7 heteroatoms. The fraction of sp³-hybridized carbons (Fsp3) is 0.318. The van der Waals surface area contributed by atoms with E-state index in [9.17, 15) is 13.2 Å². The fourth-order valence-electron chi connectivity index (χ4n) is 3.57. The smallest absolute Gasteiger partial charge is 0.268 e. The standard InChI is InChI=1S/C22H24N2O4S/c1-16-4-8-19(9-5-16)29(26,27)24-13-11-18-7-6-17(15-20(18)24)10-12-23-22(25)21-3-2-14-28-21/h4-9,11,13,15,21H,2-3,10,12,14H2,1H3,(H,23,25). The van der Waals surface area contributed by atoms with Crippen LogP contribution < -0.4 is 5.32 Å². The molecule has 3 aromatic rings. The molecule has 0 radical (unpaired) electrons. The Kier molecular flexibility index (Phi) is 5.43. The molecule has 152 valence electrons. The first-order valence-electron chi connectivity index (χ1n) is 9.77. The number of nitrogens with zero attached hydrogens (tertiary/aromatic N) is 1. The fourth-order valence-corrected chi connectivity index (χ4v) is 4.91. The van der Waals surface area contributed by atoms with Gasteiger partial charge in [-0.2, -0.15) is 0 Å². The number of fused-ring (bicyclic) bond motifs is 1. The molecule has 1 amide bonds. The summed E-state index contributed by atoms with van der Waals surface area (Å²) >= 11 is 0. The largest absolute Gasteiger partial charge is 0.368 e. The van der Waals surface area contributed by atoms with Crippen molar-refractivity contribution in [2.24, 2.45) is 0 Å². The van der Waals surface area contributed by atoms with E-state index < -0.39 is 10.0 Å². The van der Waals surface area contributed by atoms with Gasteiger partial charge in [-0.15, -0.1) is 0 Å². The van der Waals surface area contributed by atoms with E-state index in [4.69, 9.17) is 4.74 Å². The topological polar surface area (TPSA) is 77.4 Å². The predicted molar refractivity (Wildman–Crippen MR) is 111 cm³/mol. The molecule has 29 heavy (non-hydrogen) atoms. The van der Waals surface area contributed by atoms with E-state index in [0.29, 0.717) is 25.1 Å². The Morgan fingerprint density at radius 1 is 1.17 bits per heavy atom. The molecule has 6 nitrogen and oxygen atoms in total. The van der Waals surface area contributed by atoms with Crippen LogP contribution in [0.15, 0.2) is 59.6 Å². The second kappa shape index (κ2) is 8.00. The van der Waals surface area contributed by atoms with Gasteiger partial charge in [0.15, 0.2) is 0 Å². The van der Waals surface area contributed by atoms with Gasteiger partial charge in [0.05, 0.1) is 10.4 Å². The molecule has 1 aliphatic rings. The normalized spacial score (nSPS) is 16.9. The molecule has 1 aliphatic heterocycles. The lowest BCUT2D eigenvalue weighted by Gasteiger charge is -2.11. The highest BCUT2D eigenvalue weighted by Gasteiger charge is 2.23. The molecule has 0 bridgehead atoms. The summed E-state index contributed by atoms with van der Waals surface area (Å²) in [6.07, 6.45) is 3.55. The van der Waals surface area contributed by atoms with E-state index in [0.717, 1.165) is 29.4 Å². The molecule has 1 N–H and O–H groups in total. The van der Waals surface area contributed by atoms with Gasteiger partial charge in [0.25, 0.3) is 10.0 Å². The average Bonchev–Trinajstić information content (AvgIpc) is 3.38. The van der Waals surface area contributed by atoms with Gasteiger partial charge in [0, 0.05) is 24.7 Å². The van der Waals surface area contributed by atoms with Crippen LogP contribution in [0.2, 0.25) is 0 Å². The van der Waals surface area contributed by atoms with Gasteiger partial charge in [0.1, 0.15) is 6.10 Å². The Hall–Kier alpha value is -2.64. The lowest BCUT2D eigenvalue weighted by molar-refractivity contribution is -0.129. The third-order valence-corrected chi connectivity index (χ3v) is 6.94. The highest BCUT2D eigenvalue weighted by molar-refractivity contribution is 7.90. The zero-order chi connectivity index (χ0) is 20.4. The third kappa shape index (κ3) is 4.06. The molecule has 2 aromatic carbocycles. The van der Waals surface area contributed by atoms with Crippen molar-refractivity contribution in [3.8, 4) is 0 Å². The number of amides is 1. The Morgan fingerprint density at radius 3 is 2.69 bits per heavy atom. The minimum Gasteiger partial charge on any atom is -0.368 e. The van der Waals surface area contributed by atoms with Crippen molar-refractivity contribution in [2.45, 2.75) is 37.2 Å². The molecule has 1 atom stereocenters. The highest BCUT2D eigenvalue weighted by Crippen LogP contribution is 2.24. The number of hydrogen-bond donors (Lipinski definition) is 1. The third-order valence-electron chi connectivity index (χ3n) is 5.23. The molecular weight excluding hydrogens is 388 g/mol. The van der Waals surface area contributed by atoms with E-state index >= 15 is 0 Å². The van der Waals surface area contributed by atoms with Crippen LogP contribution in [-0.4, -0.2) is 37.6 Å². The molecule has 1 saturated heterocycles. The quantitative estimate of drug-likeness (QED) is 0.675. The lowest BCUT2D eigenvalue weighted by Crippen LogP contribution is -2.35. The summed E-state index contributed by atoms with van der Waals surface area (Å²) in [4.78, 5) is 12.3. The van der Waals surface area contributed by atoms with Gasteiger partial charge in [0.2, 0.25) is 5.91 Å². The molecule has 2 heterocycles. The molecule has 1 fully saturated rings. The minimum atomic E-state index is -3.67. The Morgan fingerprint density at radius 2 is 1.97 bits per heavy atom. The summed E-state index contributed by atoms with van der Waals surface area (Å²) in [5.74, 6) is -0.0751. The summed E-state index contributed by atoms with van der Waals surface area (Å²) in [6, 6.07) is 14.4. The second-order valence-corrected chi connectivity index (χ2v) is 9.18. The summed E-state index contributed by atoms with van der Waals surface area (Å²) in [7, 11) is -3.67. The number of ether oxygens (including phenoxy) is 1. The zero-order valence-electron chi connectivity index (χ0n) is 16.3. The van der Waals surface area contributed by atoms with Gasteiger partial charge in [-0.3, -0.25) is 4.79 Å². The summed E-state index contributed by atoms with van der Waals surface area (Å²) < 4.78 is 32.9. The van der Waals surface area contributed by atoms with Gasteiger partial charge in [-0.05, 0) is 56.0 Å². The maximum Gasteiger partial charge on any atom is 0.268 e. The minimum absolute atomic E-state index is 0.0751. The number of benzene rings is 2. The maximum absolute atomic E-state index is 13.1. The number of carbonyl (C=O) groups is 1. The van der Waals surface area contributed by atoms with Crippen LogP contribution in [0, 0.1) is 6.92 Å². The molecule has 1 unspecified atom stereocenters. The van der Waals surface area contributed by atoms with E-state index in [1.165, 1.54) is 3.97 Å². The summed E-state index contributed by atoms with van der Waals surface area (Å²) in [6.45, 7) is 3.04. The van der Waals surface area contributed by atoms with Crippen molar-refractivity contribution >= 4 is 26.8 Å². The Balaban J connectivity index is 1.53. The highest BCUT2D eigenvalue weighted by atomic mass is 32.2. The van der Waals surface area contributed by atoms with Crippen molar-refractivity contribution in [3.05, 3.63) is 65.9 Å². The second-order valence-electron chi connectivity index (χ2n) is 7.37. The first-order valence-corrected chi connectivity index (χ1v) is 11.2. The van der Waals surface area contributed by atoms with Crippen molar-refractivity contribution in [1.82, 2.24) is 9.29 Å². The summed E-state index contributed by atoms with van der Waals surface area (Å²) in [5, 5.41) is 3.76.